The van der Waals surface area contributed by atoms with Crippen LogP contribution in [0.1, 0.15) is 322 Å². The molecular formula is C82H141NO8. The Morgan fingerprint density at radius 3 is 1.01 bits per heavy atom. The zero-order valence-electron chi connectivity index (χ0n) is 58.6. The average molecular weight is 1270 g/mol. The van der Waals surface area contributed by atoms with E-state index in [9.17, 15) is 30.3 Å². The summed E-state index contributed by atoms with van der Waals surface area (Å²) < 4.78 is 11.3. The molecule has 0 aromatic heterocycles. The minimum atomic E-state index is -1.58. The number of aliphatic hydroxyl groups excluding tert-OH is 5. The smallest absolute Gasteiger partial charge is 0.220 e. The van der Waals surface area contributed by atoms with Gasteiger partial charge in [0.15, 0.2) is 6.29 Å². The molecule has 0 aromatic carbocycles. The number of amides is 1. The molecule has 1 saturated heterocycles. The lowest BCUT2D eigenvalue weighted by molar-refractivity contribution is -0.302. The van der Waals surface area contributed by atoms with Gasteiger partial charge in [-0.05, 0) is 96.3 Å². The van der Waals surface area contributed by atoms with Crippen molar-refractivity contribution in [3.63, 3.8) is 0 Å². The first kappa shape index (κ1) is 85.3. The number of rotatable bonds is 65. The maximum Gasteiger partial charge on any atom is 0.220 e. The van der Waals surface area contributed by atoms with E-state index in [-0.39, 0.29) is 12.5 Å². The number of aliphatic hydroxyl groups is 5. The third kappa shape index (κ3) is 57.5. The Morgan fingerprint density at radius 1 is 0.385 bits per heavy atom. The quantitative estimate of drug-likeness (QED) is 0.0261. The lowest BCUT2D eigenvalue weighted by atomic mass is 9.99. The molecule has 1 rings (SSSR count). The fourth-order valence-corrected chi connectivity index (χ4v) is 11.4. The summed E-state index contributed by atoms with van der Waals surface area (Å²) in [5.74, 6) is -0.187. The van der Waals surface area contributed by atoms with Crippen molar-refractivity contribution in [3.8, 4) is 0 Å². The van der Waals surface area contributed by atoms with Gasteiger partial charge in [0.25, 0.3) is 0 Å². The second-order valence-corrected chi connectivity index (χ2v) is 25.7. The molecule has 0 aliphatic carbocycles. The van der Waals surface area contributed by atoms with Gasteiger partial charge in [-0.1, -0.05) is 353 Å². The Labute approximate surface area is 560 Å². The molecule has 9 nitrogen and oxygen atoms in total. The third-order valence-corrected chi connectivity index (χ3v) is 17.2. The largest absolute Gasteiger partial charge is 0.394 e. The van der Waals surface area contributed by atoms with Crippen LogP contribution >= 0.6 is 0 Å². The van der Waals surface area contributed by atoms with E-state index in [0.29, 0.717) is 6.42 Å². The van der Waals surface area contributed by atoms with Gasteiger partial charge in [-0.15, -0.1) is 0 Å². The summed E-state index contributed by atoms with van der Waals surface area (Å²) in [7, 11) is 0. The molecule has 1 fully saturated rings. The number of hydrogen-bond acceptors (Lipinski definition) is 8. The highest BCUT2D eigenvalue weighted by atomic mass is 16.7. The average Bonchev–Trinajstić information content (AvgIpc) is 1.33. The van der Waals surface area contributed by atoms with Crippen molar-refractivity contribution in [1.82, 2.24) is 5.32 Å². The fourth-order valence-electron chi connectivity index (χ4n) is 11.4. The Hall–Kier alpha value is -3.67. The van der Waals surface area contributed by atoms with Gasteiger partial charge in [0.2, 0.25) is 5.91 Å². The highest BCUT2D eigenvalue weighted by molar-refractivity contribution is 5.76. The summed E-state index contributed by atoms with van der Waals surface area (Å²) in [5.41, 5.74) is 0. The van der Waals surface area contributed by atoms with Gasteiger partial charge >= 0.3 is 0 Å². The monoisotopic (exact) mass is 1270 g/mol. The summed E-state index contributed by atoms with van der Waals surface area (Å²) in [6, 6.07) is -0.821. The fraction of sp³-hybridized carbons (Fsp3) is 0.720. The number of unbranched alkanes of at least 4 members (excludes halogenated alkanes) is 35. The third-order valence-electron chi connectivity index (χ3n) is 17.2. The van der Waals surface area contributed by atoms with Crippen LogP contribution in [0, 0.1) is 0 Å². The van der Waals surface area contributed by atoms with E-state index < -0.39 is 49.5 Å². The zero-order chi connectivity index (χ0) is 65.7. The summed E-state index contributed by atoms with van der Waals surface area (Å²) in [6.45, 7) is 3.69. The minimum Gasteiger partial charge on any atom is -0.394 e. The van der Waals surface area contributed by atoms with Gasteiger partial charge in [0, 0.05) is 6.42 Å². The number of ether oxygens (including phenoxy) is 2. The van der Waals surface area contributed by atoms with E-state index in [4.69, 9.17) is 9.47 Å². The Morgan fingerprint density at radius 2 is 0.681 bits per heavy atom. The zero-order valence-corrected chi connectivity index (χ0v) is 58.6. The van der Waals surface area contributed by atoms with Gasteiger partial charge in [-0.3, -0.25) is 4.79 Å². The summed E-state index contributed by atoms with van der Waals surface area (Å²) in [4.78, 5) is 13.2. The van der Waals surface area contributed by atoms with Crippen LogP contribution < -0.4 is 5.32 Å². The van der Waals surface area contributed by atoms with Crippen LogP contribution in [-0.4, -0.2) is 87.5 Å². The molecule has 0 saturated carbocycles. The van der Waals surface area contributed by atoms with E-state index in [0.717, 1.165) is 116 Å². The highest BCUT2D eigenvalue weighted by Gasteiger charge is 2.44. The summed E-state index contributed by atoms with van der Waals surface area (Å²) >= 11 is 0. The van der Waals surface area contributed by atoms with Crippen molar-refractivity contribution in [2.45, 2.75) is 365 Å². The topological polar surface area (TPSA) is 149 Å². The number of carbonyl (C=O) groups is 1. The molecule has 7 atom stereocenters. The predicted molar refractivity (Wildman–Crippen MR) is 391 cm³/mol. The van der Waals surface area contributed by atoms with Crippen LogP contribution in [0.15, 0.2) is 134 Å². The van der Waals surface area contributed by atoms with Crippen LogP contribution in [0.3, 0.4) is 0 Å². The van der Waals surface area contributed by atoms with E-state index in [1.54, 1.807) is 6.08 Å². The van der Waals surface area contributed by atoms with Crippen molar-refractivity contribution in [3.05, 3.63) is 134 Å². The predicted octanol–water partition coefficient (Wildman–Crippen LogP) is 21.5. The van der Waals surface area contributed by atoms with E-state index in [2.05, 4.69) is 141 Å². The maximum absolute atomic E-state index is 13.2. The molecule has 522 valence electrons. The van der Waals surface area contributed by atoms with Crippen LogP contribution in [0.4, 0.5) is 0 Å². The molecule has 1 heterocycles. The van der Waals surface area contributed by atoms with Crippen LogP contribution in [0.2, 0.25) is 0 Å². The van der Waals surface area contributed by atoms with Crippen molar-refractivity contribution in [2.24, 2.45) is 0 Å². The van der Waals surface area contributed by atoms with Crippen LogP contribution in [-0.2, 0) is 14.3 Å². The van der Waals surface area contributed by atoms with Crippen molar-refractivity contribution >= 4 is 5.91 Å². The van der Waals surface area contributed by atoms with Crippen LogP contribution in [0.5, 0.6) is 0 Å². The lowest BCUT2D eigenvalue weighted by Gasteiger charge is -2.40. The first-order chi connectivity index (χ1) is 44.8. The molecule has 0 bridgehead atoms. The van der Waals surface area contributed by atoms with Crippen LogP contribution in [0.25, 0.3) is 0 Å². The number of hydrogen-bond donors (Lipinski definition) is 6. The molecule has 0 aromatic rings. The lowest BCUT2D eigenvalue weighted by Crippen LogP contribution is -2.60. The van der Waals surface area contributed by atoms with Gasteiger partial charge < -0.3 is 40.3 Å². The number of allylic oxidation sites excluding steroid dienone is 21. The standard InChI is InChI=1S/C82H141NO8/c1-3-5-7-9-11-13-15-17-19-21-23-25-27-29-31-33-34-35-36-37-38-39-40-41-42-44-46-48-50-52-54-56-58-60-62-64-66-68-70-72-78(86)83-75(74-90-82-81(89)80(88)79(87)77(73-84)91-82)76(85)71-69-67-65-63-61-59-57-55-53-51-49-47-45-43-32-30-28-26-24-22-20-18-16-14-12-10-8-6-4-2/h5,7,11,13,17,19,23,25,29,31,34-35,37-38,40-41,44,46,50,52,69,71,75-77,79-82,84-85,87-89H,3-4,6,8-10,12,14-16,18,20-22,24,26-28,30,32-33,36,39,42-43,45,47-49,51,53-68,70,72-74H2,1-2H3,(H,83,86)/b7-5-,13-11-,19-17-,25-23-,31-29-,35-34-,38-37-,41-40-,46-44-,52-50-,71-69+. The van der Waals surface area contributed by atoms with Gasteiger partial charge in [-0.2, -0.15) is 0 Å². The first-order valence-electron chi connectivity index (χ1n) is 37.9. The molecule has 7 unspecified atom stereocenters. The molecule has 1 aliphatic heterocycles. The van der Waals surface area contributed by atoms with Gasteiger partial charge in [0.1, 0.15) is 24.4 Å². The van der Waals surface area contributed by atoms with E-state index in [1.165, 1.54) is 186 Å². The van der Waals surface area contributed by atoms with Gasteiger partial charge in [-0.25, -0.2) is 0 Å². The van der Waals surface area contributed by atoms with Crippen molar-refractivity contribution in [2.75, 3.05) is 13.2 Å². The second-order valence-electron chi connectivity index (χ2n) is 25.7. The Bertz CT molecular complexity index is 1910. The normalized spacial score (nSPS) is 18.5. The summed E-state index contributed by atoms with van der Waals surface area (Å²) in [6.07, 6.45) is 98.5. The molecular weight excluding hydrogens is 1130 g/mol. The Kier molecular flexibility index (Phi) is 64.9. The second kappa shape index (κ2) is 69.2. The first-order valence-corrected chi connectivity index (χ1v) is 37.9. The summed E-state index contributed by atoms with van der Waals surface area (Å²) in [5, 5.41) is 54.9. The molecule has 91 heavy (non-hydrogen) atoms. The SMILES string of the molecule is CC/C=C\C/C=C\C/C=C\C/C=C\C/C=C\C/C=C\C/C=C\C/C=C\C/C=C\C/C=C\CCCCCCCCCCC(=O)NC(COC1OC(CO)C(O)C(O)C1O)C(O)/C=C/CCCCCCCCCCCCCCCCCCCCCCCCCCCCC. The highest BCUT2D eigenvalue weighted by Crippen LogP contribution is 2.23. The molecule has 9 heteroatoms. The van der Waals surface area contributed by atoms with Crippen molar-refractivity contribution in [1.29, 1.82) is 0 Å². The minimum absolute atomic E-state index is 0.187. The molecule has 0 spiro atoms. The molecule has 1 aliphatic rings. The maximum atomic E-state index is 13.2. The number of nitrogens with one attached hydrogen (secondary N) is 1. The number of carbonyl (C=O) groups excluding carboxylic acids is 1. The molecule has 1 amide bonds. The Balaban J connectivity index is 2.15. The van der Waals surface area contributed by atoms with E-state index in [1.807, 2.05) is 6.08 Å². The van der Waals surface area contributed by atoms with Crippen molar-refractivity contribution < 1.29 is 39.8 Å². The molecule has 0 radical (unpaired) electrons. The van der Waals surface area contributed by atoms with E-state index >= 15 is 0 Å². The molecule has 6 N–H and O–H groups in total. The van der Waals surface area contributed by atoms with Gasteiger partial charge in [0.05, 0.1) is 25.4 Å².